The maximum absolute atomic E-state index is 12.5. The summed E-state index contributed by atoms with van der Waals surface area (Å²) < 4.78 is 0. The largest absolute Gasteiger partial charge is 0.398 e. The fraction of sp³-hybridized carbons (Fsp3) is 0.500. The molecule has 2 amide bonds. The number of aliphatic imine (C=N–C) groups is 1. The number of carbonyl (C=O) groups excluding carboxylic acids is 2. The van der Waals surface area contributed by atoms with E-state index in [0.29, 0.717) is 16.8 Å². The molecule has 0 bridgehead atoms. The molecule has 2 N–H and O–H groups in total. The van der Waals surface area contributed by atoms with E-state index in [9.17, 15) is 9.59 Å². The first-order chi connectivity index (χ1) is 15.4. The Labute approximate surface area is 190 Å². The molecule has 0 aliphatic carbocycles. The second-order valence-electron chi connectivity index (χ2n) is 6.17. The zero-order valence-electron chi connectivity index (χ0n) is 20.2. The number of amides is 2. The van der Waals surface area contributed by atoms with Crippen molar-refractivity contribution in [1.29, 1.82) is 0 Å². The minimum atomic E-state index is -0.601. The fourth-order valence-corrected chi connectivity index (χ4v) is 2.37. The Bertz CT molecular complexity index is 821. The highest BCUT2D eigenvalue weighted by molar-refractivity contribution is 6.66. The summed E-state index contributed by atoms with van der Waals surface area (Å²) >= 11 is 0. The maximum atomic E-state index is 12.5. The molecule has 0 heterocycles. The molecule has 1 atom stereocenters. The first kappa shape index (κ1) is 28.7. The molecule has 0 saturated carbocycles. The Morgan fingerprint density at radius 3 is 2.25 bits per heavy atom. The summed E-state index contributed by atoms with van der Waals surface area (Å²) in [5, 5.41) is 10.0. The number of benzene rings is 1. The van der Waals surface area contributed by atoms with E-state index >= 15 is 0 Å². The number of oxime groups is 2. The number of hydrogen-bond donors (Lipinski definition) is 2. The summed E-state index contributed by atoms with van der Waals surface area (Å²) in [6.07, 6.45) is 0.823. The molecule has 1 rings (SSSR count). The predicted octanol–water partition coefficient (Wildman–Crippen LogP) is 2.62. The van der Waals surface area contributed by atoms with Crippen molar-refractivity contribution in [3.05, 3.63) is 35.4 Å². The monoisotopic (exact) mass is 449 g/mol. The van der Waals surface area contributed by atoms with Crippen LogP contribution in [0.2, 0.25) is 0 Å². The Kier molecular flexibility index (Phi) is 14.7. The molecule has 0 radical (unpaired) electrons. The zero-order chi connectivity index (χ0) is 24.5. The number of rotatable bonds is 11. The minimum absolute atomic E-state index is 0.0121. The van der Waals surface area contributed by atoms with Crippen molar-refractivity contribution in [2.45, 2.75) is 53.7 Å². The van der Waals surface area contributed by atoms with Gasteiger partial charge in [-0.1, -0.05) is 55.3 Å². The van der Waals surface area contributed by atoms with Crippen LogP contribution >= 0.6 is 0 Å². The topological polar surface area (TPSA) is 123 Å². The molecule has 1 unspecified atom stereocenters. The smallest absolute Gasteiger partial charge is 0.298 e. The number of nitrogens with one attached hydrogen (secondary N) is 2. The van der Waals surface area contributed by atoms with Crippen LogP contribution in [-0.2, 0) is 30.7 Å². The van der Waals surface area contributed by atoms with Crippen LogP contribution in [0.1, 0.15) is 52.2 Å². The molecule has 1 aromatic rings. The summed E-state index contributed by atoms with van der Waals surface area (Å²) in [4.78, 5) is 43.9. The van der Waals surface area contributed by atoms with E-state index in [4.69, 9.17) is 14.5 Å². The van der Waals surface area contributed by atoms with Crippen LogP contribution in [0, 0.1) is 0 Å². The van der Waals surface area contributed by atoms with Gasteiger partial charge in [0.25, 0.3) is 11.8 Å². The maximum Gasteiger partial charge on any atom is 0.298 e. The van der Waals surface area contributed by atoms with Gasteiger partial charge in [-0.25, -0.2) is 5.48 Å². The van der Waals surface area contributed by atoms with Gasteiger partial charge in [0.15, 0.2) is 11.4 Å². The van der Waals surface area contributed by atoms with Gasteiger partial charge < -0.3 is 15.0 Å². The molecule has 10 nitrogen and oxygen atoms in total. The second-order valence-corrected chi connectivity index (χ2v) is 6.17. The normalized spacial score (nSPS) is 12.8. The summed E-state index contributed by atoms with van der Waals surface area (Å²) in [6.45, 7) is 9.58. The van der Waals surface area contributed by atoms with E-state index in [1.165, 1.54) is 21.3 Å². The highest BCUT2D eigenvalue weighted by Crippen LogP contribution is 2.12. The average Bonchev–Trinajstić information content (AvgIpc) is 2.81. The quantitative estimate of drug-likeness (QED) is 0.397. The molecule has 178 valence electrons. The Hall–Kier alpha value is -3.27. The number of nitrogens with zero attached hydrogens (tertiary/aromatic N) is 3. The van der Waals surface area contributed by atoms with Crippen molar-refractivity contribution < 1.29 is 24.1 Å². The summed E-state index contributed by atoms with van der Waals surface area (Å²) in [5.74, 6) is -1.02. The lowest BCUT2D eigenvalue weighted by Gasteiger charge is -2.12. The summed E-state index contributed by atoms with van der Waals surface area (Å²) in [6, 6.07) is 7.02. The Morgan fingerprint density at radius 2 is 1.69 bits per heavy atom. The zero-order valence-corrected chi connectivity index (χ0v) is 20.2. The lowest BCUT2D eigenvalue weighted by atomic mass is 10.0. The molecule has 1 aromatic carbocycles. The fourth-order valence-electron chi connectivity index (χ4n) is 2.37. The molecule has 10 heteroatoms. The van der Waals surface area contributed by atoms with Crippen molar-refractivity contribution in [1.82, 2.24) is 10.8 Å². The van der Waals surface area contributed by atoms with Gasteiger partial charge in [0.1, 0.15) is 20.8 Å². The van der Waals surface area contributed by atoms with Gasteiger partial charge >= 0.3 is 0 Å². The highest BCUT2D eigenvalue weighted by Gasteiger charge is 2.19. The van der Waals surface area contributed by atoms with Gasteiger partial charge in [-0.05, 0) is 25.8 Å². The van der Waals surface area contributed by atoms with Crippen LogP contribution < -0.4 is 10.8 Å². The molecule has 0 aromatic heterocycles. The number of likely N-dealkylation sites (N-methyl/N-ethyl adjacent to an activating group) is 1. The number of carbonyl (C=O) groups is 2. The highest BCUT2D eigenvalue weighted by atomic mass is 16.7. The molecular weight excluding hydrogens is 414 g/mol. The molecule has 0 aliphatic heterocycles. The second kappa shape index (κ2) is 16.4. The molecule has 0 fully saturated rings. The lowest BCUT2D eigenvalue weighted by molar-refractivity contribution is -0.127. The number of hydrogen-bond acceptors (Lipinski definition) is 8. The van der Waals surface area contributed by atoms with E-state index in [0.717, 1.165) is 6.42 Å². The van der Waals surface area contributed by atoms with E-state index in [2.05, 4.69) is 26.1 Å². The lowest BCUT2D eigenvalue weighted by Crippen LogP contribution is -2.36. The Morgan fingerprint density at radius 1 is 1.06 bits per heavy atom. The molecule has 0 saturated heterocycles. The van der Waals surface area contributed by atoms with Crippen LogP contribution in [0.25, 0.3) is 0 Å². The SMILES string of the molecule is CC.CCC(C)N=C(C)/C(=N\OC)C(=O)NOCc1ccccc1/C(=N\OC)C(=O)NC. The molecular formula is C22H35N5O5. The van der Waals surface area contributed by atoms with Gasteiger partial charge in [-0.3, -0.25) is 19.4 Å². The Balaban J connectivity index is 0.00000466. The van der Waals surface area contributed by atoms with Crippen LogP contribution in [0.3, 0.4) is 0 Å². The van der Waals surface area contributed by atoms with Gasteiger partial charge in [0.05, 0.1) is 5.71 Å². The van der Waals surface area contributed by atoms with E-state index in [1.54, 1.807) is 31.2 Å². The van der Waals surface area contributed by atoms with Crippen molar-refractivity contribution >= 4 is 28.9 Å². The van der Waals surface area contributed by atoms with Crippen LogP contribution in [0.4, 0.5) is 0 Å². The molecule has 0 aliphatic rings. The predicted molar refractivity (Wildman–Crippen MR) is 126 cm³/mol. The van der Waals surface area contributed by atoms with E-state index < -0.39 is 11.8 Å². The van der Waals surface area contributed by atoms with Crippen molar-refractivity contribution in [3.8, 4) is 0 Å². The third-order valence-electron chi connectivity index (χ3n) is 4.03. The first-order valence-corrected chi connectivity index (χ1v) is 10.4. The van der Waals surface area contributed by atoms with Gasteiger partial charge in [0.2, 0.25) is 0 Å². The van der Waals surface area contributed by atoms with Gasteiger partial charge in [-0.2, -0.15) is 0 Å². The molecule has 0 spiro atoms. The van der Waals surface area contributed by atoms with E-state index in [1.807, 2.05) is 27.7 Å². The van der Waals surface area contributed by atoms with Crippen molar-refractivity contribution in [2.75, 3.05) is 21.3 Å². The summed E-state index contributed by atoms with van der Waals surface area (Å²) in [7, 11) is 4.19. The standard InChI is InChI=1S/C20H29N5O5.C2H6/c1-7-13(2)22-14(3)17(23-28-5)20(27)25-30-12-15-10-8-9-11-16(15)18(24-29-6)19(26)21-4;1-2/h8-11,13H,7,12H2,1-6H3,(H,21,26)(H,25,27);1-2H3/b22-14?,23-17+,24-18+;. The average molecular weight is 450 g/mol. The van der Waals surface area contributed by atoms with Crippen molar-refractivity contribution in [2.24, 2.45) is 15.3 Å². The molecule has 32 heavy (non-hydrogen) atoms. The van der Waals surface area contributed by atoms with Crippen LogP contribution in [0.5, 0.6) is 0 Å². The third kappa shape index (κ3) is 9.25. The summed E-state index contributed by atoms with van der Waals surface area (Å²) in [5.41, 5.74) is 3.98. The van der Waals surface area contributed by atoms with Gasteiger partial charge in [0, 0.05) is 18.7 Å². The van der Waals surface area contributed by atoms with E-state index in [-0.39, 0.29) is 24.1 Å². The van der Waals surface area contributed by atoms with Gasteiger partial charge in [-0.15, -0.1) is 0 Å². The van der Waals surface area contributed by atoms with Crippen molar-refractivity contribution in [3.63, 3.8) is 0 Å². The third-order valence-corrected chi connectivity index (χ3v) is 4.03. The van der Waals surface area contributed by atoms with Crippen LogP contribution in [0.15, 0.2) is 39.6 Å². The number of hydroxylamine groups is 1. The van der Waals surface area contributed by atoms with Crippen LogP contribution in [-0.4, -0.2) is 56.3 Å². The first-order valence-electron chi connectivity index (χ1n) is 10.4. The minimum Gasteiger partial charge on any atom is -0.398 e.